The summed E-state index contributed by atoms with van der Waals surface area (Å²) >= 11 is 4.19. The molecule has 14 heavy (non-hydrogen) atoms. The molecule has 2 aromatic rings. The van der Waals surface area contributed by atoms with Crippen molar-refractivity contribution in [2.24, 2.45) is 5.14 Å². The average molecular weight is 294 g/mol. The second-order valence-electron chi connectivity index (χ2n) is 2.55. The van der Waals surface area contributed by atoms with Gasteiger partial charge in [-0.05, 0) is 28.1 Å². The van der Waals surface area contributed by atoms with Crippen LogP contribution in [-0.2, 0) is 10.0 Å². The zero-order chi connectivity index (χ0) is 10.3. The van der Waals surface area contributed by atoms with Crippen LogP contribution in [0.25, 0.3) is 11.0 Å². The van der Waals surface area contributed by atoms with Gasteiger partial charge in [0.05, 0.1) is 11.7 Å². The van der Waals surface area contributed by atoms with E-state index < -0.39 is 10.0 Å². The van der Waals surface area contributed by atoms with E-state index in [0.717, 1.165) is 11.7 Å². The van der Waals surface area contributed by atoms with Crippen LogP contribution in [-0.4, -0.2) is 17.2 Å². The Hall–Kier alpha value is -0.570. The molecule has 0 saturated heterocycles. The molecule has 0 unspecified atom stereocenters. The first-order chi connectivity index (χ1) is 6.50. The highest BCUT2D eigenvalue weighted by Crippen LogP contribution is 2.26. The van der Waals surface area contributed by atoms with E-state index in [1.165, 1.54) is 6.07 Å². The van der Waals surface area contributed by atoms with Crippen LogP contribution < -0.4 is 5.14 Å². The maximum absolute atomic E-state index is 11.2. The first-order valence-corrected chi connectivity index (χ1v) is 6.50. The van der Waals surface area contributed by atoms with Gasteiger partial charge in [-0.2, -0.15) is 8.75 Å². The van der Waals surface area contributed by atoms with E-state index >= 15 is 0 Å². The zero-order valence-electron chi connectivity index (χ0n) is 6.64. The summed E-state index contributed by atoms with van der Waals surface area (Å²) in [6.07, 6.45) is 0. The number of primary sulfonamides is 1. The molecule has 1 aromatic heterocycles. The topological polar surface area (TPSA) is 85.9 Å². The van der Waals surface area contributed by atoms with E-state index in [2.05, 4.69) is 24.7 Å². The number of hydrogen-bond donors (Lipinski definition) is 1. The van der Waals surface area contributed by atoms with Crippen LogP contribution in [0.4, 0.5) is 0 Å². The third-order valence-corrected chi connectivity index (χ3v) is 3.75. The van der Waals surface area contributed by atoms with Gasteiger partial charge in [0, 0.05) is 4.47 Å². The molecular formula is C6H4BrN3O2S2. The molecule has 1 heterocycles. The molecule has 2 rings (SSSR count). The third kappa shape index (κ3) is 1.54. The van der Waals surface area contributed by atoms with Crippen LogP contribution in [0.1, 0.15) is 0 Å². The van der Waals surface area contributed by atoms with Crippen molar-refractivity contribution in [3.8, 4) is 0 Å². The molecule has 8 heteroatoms. The van der Waals surface area contributed by atoms with Crippen molar-refractivity contribution < 1.29 is 8.42 Å². The molecule has 0 fully saturated rings. The van der Waals surface area contributed by atoms with Crippen LogP contribution in [0.3, 0.4) is 0 Å². The highest BCUT2D eigenvalue weighted by Gasteiger charge is 2.16. The predicted molar refractivity (Wildman–Crippen MR) is 56.5 cm³/mol. The molecule has 0 bridgehead atoms. The molecule has 0 spiro atoms. The summed E-state index contributed by atoms with van der Waals surface area (Å²) in [5.74, 6) is 0. The van der Waals surface area contributed by atoms with Gasteiger partial charge in [-0.15, -0.1) is 0 Å². The number of nitrogens with zero attached hydrogens (tertiary/aromatic N) is 2. The van der Waals surface area contributed by atoms with Crippen molar-refractivity contribution in [3.63, 3.8) is 0 Å². The normalized spacial score (nSPS) is 12.1. The number of hydrogen-bond acceptors (Lipinski definition) is 5. The van der Waals surface area contributed by atoms with Crippen molar-refractivity contribution >= 4 is 48.7 Å². The van der Waals surface area contributed by atoms with Gasteiger partial charge in [0.25, 0.3) is 0 Å². The van der Waals surface area contributed by atoms with Crippen molar-refractivity contribution in [3.05, 3.63) is 16.6 Å². The van der Waals surface area contributed by atoms with Crippen LogP contribution in [0.2, 0.25) is 0 Å². The molecule has 2 N–H and O–H groups in total. The molecule has 0 aliphatic carbocycles. The number of halogens is 1. The Morgan fingerprint density at radius 2 is 1.93 bits per heavy atom. The zero-order valence-corrected chi connectivity index (χ0v) is 9.86. The summed E-state index contributed by atoms with van der Waals surface area (Å²) in [7, 11) is -3.73. The van der Waals surface area contributed by atoms with Crippen molar-refractivity contribution in [2.45, 2.75) is 4.90 Å². The lowest BCUT2D eigenvalue weighted by atomic mass is 10.3. The quantitative estimate of drug-likeness (QED) is 0.853. The fourth-order valence-electron chi connectivity index (χ4n) is 1.04. The Morgan fingerprint density at radius 3 is 2.57 bits per heavy atom. The fourth-order valence-corrected chi connectivity index (χ4v) is 2.87. The molecule has 0 amide bonds. The second kappa shape index (κ2) is 3.23. The Balaban J connectivity index is 2.93. The van der Waals surface area contributed by atoms with E-state index in [4.69, 9.17) is 5.14 Å². The third-order valence-electron chi connectivity index (χ3n) is 1.64. The maximum Gasteiger partial charge on any atom is 0.240 e. The van der Waals surface area contributed by atoms with E-state index in [1.54, 1.807) is 6.07 Å². The van der Waals surface area contributed by atoms with Crippen LogP contribution >= 0.6 is 27.7 Å². The van der Waals surface area contributed by atoms with E-state index in [1.807, 2.05) is 0 Å². The largest absolute Gasteiger partial charge is 0.240 e. The summed E-state index contributed by atoms with van der Waals surface area (Å²) in [4.78, 5) is 0.00412. The first-order valence-electron chi connectivity index (χ1n) is 3.44. The number of rotatable bonds is 1. The maximum atomic E-state index is 11.2. The van der Waals surface area contributed by atoms with Gasteiger partial charge in [-0.3, -0.25) is 0 Å². The monoisotopic (exact) mass is 293 g/mol. The predicted octanol–water partition coefficient (Wildman–Crippen LogP) is 1.10. The summed E-state index contributed by atoms with van der Waals surface area (Å²) in [6, 6.07) is 2.99. The fraction of sp³-hybridized carbons (Fsp3) is 0. The number of benzene rings is 1. The van der Waals surface area contributed by atoms with Crippen molar-refractivity contribution in [2.75, 3.05) is 0 Å². The van der Waals surface area contributed by atoms with Crippen molar-refractivity contribution in [1.82, 2.24) is 8.75 Å². The number of sulfonamides is 1. The van der Waals surface area contributed by atoms with Gasteiger partial charge in [-0.1, -0.05) is 0 Å². The molecule has 5 nitrogen and oxygen atoms in total. The van der Waals surface area contributed by atoms with Gasteiger partial charge in [0.15, 0.2) is 0 Å². The number of nitrogens with two attached hydrogens (primary N) is 1. The smallest absolute Gasteiger partial charge is 0.225 e. The number of fused-ring (bicyclic) bond motifs is 1. The summed E-state index contributed by atoms with van der Waals surface area (Å²) < 4.78 is 30.9. The average Bonchev–Trinajstić information content (AvgIpc) is 2.50. The minimum Gasteiger partial charge on any atom is -0.225 e. The molecule has 0 aliphatic rings. The summed E-state index contributed by atoms with van der Waals surface area (Å²) in [5.41, 5.74) is 0.827. The molecule has 0 aliphatic heterocycles. The lowest BCUT2D eigenvalue weighted by Gasteiger charge is -1.98. The van der Waals surface area contributed by atoms with E-state index in [9.17, 15) is 8.42 Å². The Labute approximate surface area is 92.4 Å². The molecule has 0 saturated carbocycles. The second-order valence-corrected chi connectivity index (χ2v) is 5.46. The standard InChI is InChI=1S/C6H4BrN3O2S2/c7-3-1-2-4(14(8,11)12)6-5(3)9-13-10-6/h1-2H,(H2,8,11,12). The Bertz CT molecular complexity index is 592. The highest BCUT2D eigenvalue weighted by molar-refractivity contribution is 9.10. The molecule has 1 aromatic carbocycles. The van der Waals surface area contributed by atoms with Crippen LogP contribution in [0.15, 0.2) is 21.5 Å². The molecule has 0 atom stereocenters. The van der Waals surface area contributed by atoms with Gasteiger partial charge in [0.1, 0.15) is 15.9 Å². The lowest BCUT2D eigenvalue weighted by molar-refractivity contribution is 0.598. The van der Waals surface area contributed by atoms with E-state index in [0.29, 0.717) is 15.5 Å². The van der Waals surface area contributed by atoms with Crippen LogP contribution in [0, 0.1) is 0 Å². The van der Waals surface area contributed by atoms with Gasteiger partial charge < -0.3 is 0 Å². The van der Waals surface area contributed by atoms with Gasteiger partial charge in [0.2, 0.25) is 10.0 Å². The Morgan fingerprint density at radius 1 is 1.29 bits per heavy atom. The lowest BCUT2D eigenvalue weighted by Crippen LogP contribution is -2.12. The summed E-state index contributed by atoms with van der Waals surface area (Å²) in [6.45, 7) is 0. The van der Waals surface area contributed by atoms with Gasteiger partial charge in [-0.25, -0.2) is 13.6 Å². The van der Waals surface area contributed by atoms with Crippen molar-refractivity contribution in [1.29, 1.82) is 0 Å². The summed E-state index contributed by atoms with van der Waals surface area (Å²) in [5, 5.41) is 5.03. The minimum atomic E-state index is -3.73. The van der Waals surface area contributed by atoms with Gasteiger partial charge >= 0.3 is 0 Å². The molecule has 74 valence electrons. The molecular weight excluding hydrogens is 290 g/mol. The number of aromatic nitrogens is 2. The van der Waals surface area contributed by atoms with Crippen LogP contribution in [0.5, 0.6) is 0 Å². The SMILES string of the molecule is NS(=O)(=O)c1ccc(Br)c2nsnc12. The minimum absolute atomic E-state index is 0.00412. The highest BCUT2D eigenvalue weighted by atomic mass is 79.9. The van der Waals surface area contributed by atoms with E-state index in [-0.39, 0.29) is 4.90 Å². The Kier molecular flexibility index (Phi) is 2.30. The molecule has 0 radical (unpaired) electrons. The first kappa shape index (κ1) is 9.97.